The largest absolute Gasteiger partial charge is 0.337 e. The fraction of sp³-hybridized carbons (Fsp3) is 0.909. The molecular formula is C11H22N2O. The van der Waals surface area contributed by atoms with Gasteiger partial charge in [-0.1, -0.05) is 0 Å². The smallest absolute Gasteiger partial charge is 0.219 e. The Labute approximate surface area is 86.9 Å². The molecular weight excluding hydrogens is 176 g/mol. The normalized spacial score (nSPS) is 22.4. The number of amides is 1. The minimum atomic E-state index is -0.0594. The lowest BCUT2D eigenvalue weighted by Gasteiger charge is -2.36. The van der Waals surface area contributed by atoms with Crippen molar-refractivity contribution in [3.05, 3.63) is 0 Å². The van der Waals surface area contributed by atoms with Crippen LogP contribution in [-0.4, -0.2) is 35.5 Å². The van der Waals surface area contributed by atoms with Crippen molar-refractivity contribution in [2.75, 3.05) is 13.1 Å². The number of hydrogen-bond acceptors (Lipinski definition) is 2. The third-order valence-electron chi connectivity index (χ3n) is 2.76. The molecule has 3 heteroatoms. The lowest BCUT2D eigenvalue weighted by Crippen LogP contribution is -2.49. The van der Waals surface area contributed by atoms with Gasteiger partial charge in [0.05, 0.1) is 0 Å². The van der Waals surface area contributed by atoms with Crippen molar-refractivity contribution in [1.29, 1.82) is 0 Å². The SMILES string of the molecule is CC(=O)N(CC1CCCN1)C(C)(C)C. The van der Waals surface area contributed by atoms with Crippen LogP contribution in [0.25, 0.3) is 0 Å². The van der Waals surface area contributed by atoms with E-state index in [1.54, 1.807) is 6.92 Å². The van der Waals surface area contributed by atoms with Gasteiger partial charge in [-0.05, 0) is 40.2 Å². The maximum atomic E-state index is 11.5. The third kappa shape index (κ3) is 2.98. The minimum Gasteiger partial charge on any atom is -0.337 e. The first kappa shape index (κ1) is 11.5. The van der Waals surface area contributed by atoms with Gasteiger partial charge in [0.1, 0.15) is 0 Å². The fourth-order valence-electron chi connectivity index (χ4n) is 2.01. The van der Waals surface area contributed by atoms with Crippen molar-refractivity contribution in [1.82, 2.24) is 10.2 Å². The highest BCUT2D eigenvalue weighted by molar-refractivity contribution is 5.74. The summed E-state index contributed by atoms with van der Waals surface area (Å²) in [5.41, 5.74) is -0.0594. The van der Waals surface area contributed by atoms with Gasteiger partial charge < -0.3 is 10.2 Å². The molecule has 0 aromatic rings. The van der Waals surface area contributed by atoms with Crippen molar-refractivity contribution in [2.45, 2.75) is 52.1 Å². The summed E-state index contributed by atoms with van der Waals surface area (Å²) in [6.07, 6.45) is 2.43. The van der Waals surface area contributed by atoms with Crippen LogP contribution in [0.15, 0.2) is 0 Å². The molecule has 0 aromatic carbocycles. The zero-order valence-electron chi connectivity index (χ0n) is 9.76. The van der Waals surface area contributed by atoms with Crippen molar-refractivity contribution < 1.29 is 4.79 Å². The Bertz CT molecular complexity index is 202. The summed E-state index contributed by atoms with van der Waals surface area (Å²) in [4.78, 5) is 13.4. The van der Waals surface area contributed by atoms with Gasteiger partial charge in [-0.25, -0.2) is 0 Å². The quantitative estimate of drug-likeness (QED) is 0.727. The zero-order valence-corrected chi connectivity index (χ0v) is 9.76. The first-order chi connectivity index (χ1) is 6.41. The molecule has 14 heavy (non-hydrogen) atoms. The van der Waals surface area contributed by atoms with E-state index < -0.39 is 0 Å². The number of nitrogens with one attached hydrogen (secondary N) is 1. The summed E-state index contributed by atoms with van der Waals surface area (Å²) >= 11 is 0. The summed E-state index contributed by atoms with van der Waals surface area (Å²) in [5, 5.41) is 3.42. The molecule has 1 atom stereocenters. The van der Waals surface area contributed by atoms with Crippen molar-refractivity contribution >= 4 is 5.91 Å². The predicted molar refractivity (Wildman–Crippen MR) is 58.2 cm³/mol. The maximum absolute atomic E-state index is 11.5. The van der Waals surface area contributed by atoms with Gasteiger partial charge in [0.15, 0.2) is 0 Å². The zero-order chi connectivity index (χ0) is 10.8. The molecule has 0 spiro atoms. The van der Waals surface area contributed by atoms with E-state index in [2.05, 4.69) is 26.1 Å². The van der Waals surface area contributed by atoms with Gasteiger partial charge in [0, 0.05) is 25.0 Å². The standard InChI is InChI=1S/C11H22N2O/c1-9(14)13(11(2,3)4)8-10-6-5-7-12-10/h10,12H,5-8H2,1-4H3. The van der Waals surface area contributed by atoms with Gasteiger partial charge in [0.25, 0.3) is 0 Å². The van der Waals surface area contributed by atoms with Crippen molar-refractivity contribution in [2.24, 2.45) is 0 Å². The Balaban J connectivity index is 2.55. The molecule has 0 radical (unpaired) electrons. The van der Waals surface area contributed by atoms with Gasteiger partial charge in [-0.15, -0.1) is 0 Å². The van der Waals surface area contributed by atoms with Gasteiger partial charge in [0.2, 0.25) is 5.91 Å². The average molecular weight is 198 g/mol. The van der Waals surface area contributed by atoms with Crippen LogP contribution in [0.5, 0.6) is 0 Å². The van der Waals surface area contributed by atoms with Crippen LogP contribution in [0.4, 0.5) is 0 Å². The Hall–Kier alpha value is -0.570. The molecule has 1 heterocycles. The first-order valence-electron chi connectivity index (χ1n) is 5.43. The molecule has 1 saturated heterocycles. The second-order valence-corrected chi connectivity index (χ2v) is 5.09. The summed E-state index contributed by atoms with van der Waals surface area (Å²) in [5.74, 6) is 0.172. The van der Waals surface area contributed by atoms with Crippen LogP contribution >= 0.6 is 0 Å². The highest BCUT2D eigenvalue weighted by atomic mass is 16.2. The van der Waals surface area contributed by atoms with Gasteiger partial charge in [-0.2, -0.15) is 0 Å². The Kier molecular flexibility index (Phi) is 3.53. The molecule has 0 aliphatic carbocycles. The summed E-state index contributed by atoms with van der Waals surface area (Å²) in [7, 11) is 0. The van der Waals surface area contributed by atoms with E-state index in [0.29, 0.717) is 6.04 Å². The number of hydrogen-bond donors (Lipinski definition) is 1. The first-order valence-corrected chi connectivity index (χ1v) is 5.43. The monoisotopic (exact) mass is 198 g/mol. The number of carbonyl (C=O) groups is 1. The van der Waals surface area contributed by atoms with E-state index in [4.69, 9.17) is 0 Å². The van der Waals surface area contributed by atoms with Crippen molar-refractivity contribution in [3.63, 3.8) is 0 Å². The number of rotatable bonds is 2. The van der Waals surface area contributed by atoms with E-state index in [1.807, 2.05) is 4.90 Å². The molecule has 1 rings (SSSR count). The highest BCUT2D eigenvalue weighted by Gasteiger charge is 2.27. The molecule has 1 aliphatic heterocycles. The Morgan fingerprint density at radius 1 is 1.50 bits per heavy atom. The second-order valence-electron chi connectivity index (χ2n) is 5.09. The minimum absolute atomic E-state index is 0.0594. The van der Waals surface area contributed by atoms with Crippen LogP contribution in [0.3, 0.4) is 0 Å². The van der Waals surface area contributed by atoms with E-state index >= 15 is 0 Å². The van der Waals surface area contributed by atoms with Gasteiger partial charge >= 0.3 is 0 Å². The molecule has 1 unspecified atom stereocenters. The van der Waals surface area contributed by atoms with E-state index in [-0.39, 0.29) is 11.4 Å². The van der Waals surface area contributed by atoms with E-state index in [9.17, 15) is 4.79 Å². The Morgan fingerprint density at radius 3 is 2.50 bits per heavy atom. The summed E-state index contributed by atoms with van der Waals surface area (Å²) in [6.45, 7) is 9.86. The molecule has 1 aliphatic rings. The van der Waals surface area contributed by atoms with Crippen LogP contribution in [0, 0.1) is 0 Å². The molecule has 3 nitrogen and oxygen atoms in total. The van der Waals surface area contributed by atoms with Crippen LogP contribution in [0.1, 0.15) is 40.5 Å². The molecule has 0 aromatic heterocycles. The second kappa shape index (κ2) is 4.30. The molecule has 1 N–H and O–H groups in total. The van der Waals surface area contributed by atoms with Crippen molar-refractivity contribution in [3.8, 4) is 0 Å². The third-order valence-corrected chi connectivity index (χ3v) is 2.76. The Morgan fingerprint density at radius 2 is 2.14 bits per heavy atom. The predicted octanol–water partition coefficient (Wildman–Crippen LogP) is 1.39. The summed E-state index contributed by atoms with van der Waals surface area (Å²) in [6, 6.07) is 0.498. The number of nitrogens with zero attached hydrogens (tertiary/aromatic N) is 1. The molecule has 0 saturated carbocycles. The van der Waals surface area contributed by atoms with E-state index in [0.717, 1.165) is 13.1 Å². The highest BCUT2D eigenvalue weighted by Crippen LogP contribution is 2.16. The molecule has 0 bridgehead atoms. The molecule has 82 valence electrons. The number of carbonyl (C=O) groups excluding carboxylic acids is 1. The van der Waals surface area contributed by atoms with Crippen LogP contribution < -0.4 is 5.32 Å². The topological polar surface area (TPSA) is 32.3 Å². The lowest BCUT2D eigenvalue weighted by molar-refractivity contribution is -0.133. The lowest BCUT2D eigenvalue weighted by atomic mass is 10.0. The molecule has 1 fully saturated rings. The fourth-order valence-corrected chi connectivity index (χ4v) is 2.01. The average Bonchev–Trinajstić information content (AvgIpc) is 2.48. The van der Waals surface area contributed by atoms with Gasteiger partial charge in [-0.3, -0.25) is 4.79 Å². The van der Waals surface area contributed by atoms with E-state index in [1.165, 1.54) is 12.8 Å². The van der Waals surface area contributed by atoms with Crippen LogP contribution in [-0.2, 0) is 4.79 Å². The summed E-state index contributed by atoms with van der Waals surface area (Å²) < 4.78 is 0. The van der Waals surface area contributed by atoms with Crippen LogP contribution in [0.2, 0.25) is 0 Å². The maximum Gasteiger partial charge on any atom is 0.219 e. The molecule has 1 amide bonds.